The monoisotopic (exact) mass is 281 g/mol. The molecule has 0 amide bonds. The van der Waals surface area contributed by atoms with Gasteiger partial charge in [0.05, 0.1) is 17.0 Å². The van der Waals surface area contributed by atoms with Gasteiger partial charge in [-0.1, -0.05) is 6.07 Å². The average molecular weight is 281 g/mol. The molecule has 0 aliphatic carbocycles. The highest BCUT2D eigenvalue weighted by Crippen LogP contribution is 2.33. The zero-order valence-corrected chi connectivity index (χ0v) is 11.3. The van der Waals surface area contributed by atoms with Crippen molar-refractivity contribution >= 4 is 5.82 Å². The van der Waals surface area contributed by atoms with Crippen LogP contribution in [0.4, 0.5) is 19.0 Å². The number of anilines is 1. The first-order valence-electron chi connectivity index (χ1n) is 5.99. The zero-order chi connectivity index (χ0) is 15.1. The standard InChI is InChI=1S/C14H14F3N3/c1-7-6-10(14(15,16)17)4-5-11(7)12-13(18)20-9(3)8(2)19-12/h4-6H,1-3H3,(H2,18,20). The van der Waals surface area contributed by atoms with Gasteiger partial charge in [0, 0.05) is 5.56 Å². The highest BCUT2D eigenvalue weighted by molar-refractivity contribution is 5.73. The van der Waals surface area contributed by atoms with Crippen molar-refractivity contribution in [2.45, 2.75) is 26.9 Å². The van der Waals surface area contributed by atoms with Crippen molar-refractivity contribution in [3.05, 3.63) is 40.7 Å². The maximum atomic E-state index is 12.6. The van der Waals surface area contributed by atoms with Gasteiger partial charge in [0.25, 0.3) is 0 Å². The largest absolute Gasteiger partial charge is 0.416 e. The molecule has 0 radical (unpaired) electrons. The van der Waals surface area contributed by atoms with Gasteiger partial charge in [-0.05, 0) is 38.5 Å². The van der Waals surface area contributed by atoms with E-state index in [4.69, 9.17) is 5.73 Å². The van der Waals surface area contributed by atoms with Gasteiger partial charge in [-0.25, -0.2) is 9.97 Å². The number of nitrogens with zero attached hydrogens (tertiary/aromatic N) is 2. The van der Waals surface area contributed by atoms with Crippen molar-refractivity contribution in [2.24, 2.45) is 0 Å². The quantitative estimate of drug-likeness (QED) is 0.867. The SMILES string of the molecule is Cc1cc(C(F)(F)F)ccc1-c1nc(C)c(C)nc1N. The summed E-state index contributed by atoms with van der Waals surface area (Å²) in [6.45, 7) is 5.16. The first-order valence-corrected chi connectivity index (χ1v) is 5.99. The van der Waals surface area contributed by atoms with Crippen molar-refractivity contribution < 1.29 is 13.2 Å². The Morgan fingerprint density at radius 1 is 1.00 bits per heavy atom. The lowest BCUT2D eigenvalue weighted by Crippen LogP contribution is -2.07. The number of benzene rings is 1. The number of halogens is 3. The van der Waals surface area contributed by atoms with Crippen LogP contribution >= 0.6 is 0 Å². The summed E-state index contributed by atoms with van der Waals surface area (Å²) in [4.78, 5) is 8.48. The second-order valence-corrected chi connectivity index (χ2v) is 4.66. The Morgan fingerprint density at radius 3 is 2.15 bits per heavy atom. The molecule has 1 aromatic heterocycles. The normalized spacial score (nSPS) is 11.7. The van der Waals surface area contributed by atoms with E-state index in [1.54, 1.807) is 20.8 Å². The van der Waals surface area contributed by atoms with E-state index in [9.17, 15) is 13.2 Å². The minimum absolute atomic E-state index is 0.218. The third-order valence-corrected chi connectivity index (χ3v) is 3.14. The molecule has 3 nitrogen and oxygen atoms in total. The zero-order valence-electron chi connectivity index (χ0n) is 11.3. The summed E-state index contributed by atoms with van der Waals surface area (Å²) in [5.41, 5.74) is 7.98. The summed E-state index contributed by atoms with van der Waals surface area (Å²) >= 11 is 0. The van der Waals surface area contributed by atoms with E-state index in [0.717, 1.165) is 12.1 Å². The molecule has 106 valence electrons. The number of hydrogen-bond donors (Lipinski definition) is 1. The maximum Gasteiger partial charge on any atom is 0.416 e. The fraction of sp³-hybridized carbons (Fsp3) is 0.286. The number of aromatic nitrogens is 2. The van der Waals surface area contributed by atoms with Gasteiger partial charge in [0.15, 0.2) is 0 Å². The molecule has 20 heavy (non-hydrogen) atoms. The topological polar surface area (TPSA) is 51.8 Å². The lowest BCUT2D eigenvalue weighted by molar-refractivity contribution is -0.137. The van der Waals surface area contributed by atoms with Gasteiger partial charge >= 0.3 is 6.18 Å². The molecule has 2 N–H and O–H groups in total. The van der Waals surface area contributed by atoms with Crippen LogP contribution in [0.2, 0.25) is 0 Å². The van der Waals surface area contributed by atoms with Crippen LogP contribution in [0.25, 0.3) is 11.3 Å². The second-order valence-electron chi connectivity index (χ2n) is 4.66. The summed E-state index contributed by atoms with van der Waals surface area (Å²) in [6, 6.07) is 3.50. The number of rotatable bonds is 1. The molecule has 0 saturated carbocycles. The third-order valence-electron chi connectivity index (χ3n) is 3.14. The average Bonchev–Trinajstić information content (AvgIpc) is 2.33. The van der Waals surface area contributed by atoms with Crippen molar-refractivity contribution in [3.63, 3.8) is 0 Å². The van der Waals surface area contributed by atoms with E-state index in [2.05, 4.69) is 9.97 Å². The van der Waals surface area contributed by atoms with Crippen LogP contribution < -0.4 is 5.73 Å². The van der Waals surface area contributed by atoms with E-state index in [-0.39, 0.29) is 5.82 Å². The Hall–Kier alpha value is -2.11. The van der Waals surface area contributed by atoms with Crippen molar-refractivity contribution in [1.29, 1.82) is 0 Å². The number of aryl methyl sites for hydroxylation is 3. The molecule has 2 aromatic rings. The molecule has 2 rings (SSSR count). The maximum absolute atomic E-state index is 12.6. The molecule has 0 fully saturated rings. The summed E-state index contributed by atoms with van der Waals surface area (Å²) in [6.07, 6.45) is -4.36. The van der Waals surface area contributed by atoms with E-state index in [1.807, 2.05) is 0 Å². The highest BCUT2D eigenvalue weighted by Gasteiger charge is 2.30. The third kappa shape index (κ3) is 2.59. The summed E-state index contributed by atoms with van der Waals surface area (Å²) in [7, 11) is 0. The van der Waals surface area contributed by atoms with Crippen molar-refractivity contribution in [1.82, 2.24) is 9.97 Å². The Kier molecular flexibility index (Phi) is 3.41. The molecule has 1 aromatic carbocycles. The summed E-state index contributed by atoms with van der Waals surface area (Å²) in [5, 5.41) is 0. The minimum Gasteiger partial charge on any atom is -0.382 e. The molecule has 0 bridgehead atoms. The Bertz CT molecular complexity index is 663. The Balaban J connectivity index is 2.57. The van der Waals surface area contributed by atoms with Gasteiger partial charge in [0.1, 0.15) is 11.5 Å². The predicted octanol–water partition coefficient (Wildman–Crippen LogP) is 3.67. The first-order chi connectivity index (χ1) is 9.20. The van der Waals surface area contributed by atoms with Crippen molar-refractivity contribution in [3.8, 4) is 11.3 Å². The van der Waals surface area contributed by atoms with Crippen LogP contribution in [0.15, 0.2) is 18.2 Å². The number of nitrogens with two attached hydrogens (primary N) is 1. The molecule has 0 aliphatic rings. The van der Waals surface area contributed by atoms with E-state index >= 15 is 0 Å². The number of alkyl halides is 3. The summed E-state index contributed by atoms with van der Waals surface area (Å²) in [5.74, 6) is 0.218. The molecular formula is C14H14F3N3. The highest BCUT2D eigenvalue weighted by atomic mass is 19.4. The Morgan fingerprint density at radius 2 is 1.60 bits per heavy atom. The van der Waals surface area contributed by atoms with Crippen LogP contribution in [0, 0.1) is 20.8 Å². The number of hydrogen-bond acceptors (Lipinski definition) is 3. The van der Waals surface area contributed by atoms with Crippen LogP contribution in [0.1, 0.15) is 22.5 Å². The molecule has 0 unspecified atom stereocenters. The molecule has 0 spiro atoms. The number of nitrogen functional groups attached to an aromatic ring is 1. The fourth-order valence-electron chi connectivity index (χ4n) is 1.92. The van der Waals surface area contributed by atoms with Crippen LogP contribution in [0.5, 0.6) is 0 Å². The molecule has 1 heterocycles. The minimum atomic E-state index is -4.36. The summed E-state index contributed by atoms with van der Waals surface area (Å²) < 4.78 is 37.9. The van der Waals surface area contributed by atoms with Gasteiger partial charge in [-0.15, -0.1) is 0 Å². The molecule has 6 heteroatoms. The van der Waals surface area contributed by atoms with Crippen LogP contribution in [-0.2, 0) is 6.18 Å². The van der Waals surface area contributed by atoms with Crippen LogP contribution in [-0.4, -0.2) is 9.97 Å². The van der Waals surface area contributed by atoms with Gasteiger partial charge < -0.3 is 5.73 Å². The fourth-order valence-corrected chi connectivity index (χ4v) is 1.92. The Labute approximate surface area is 114 Å². The van der Waals surface area contributed by atoms with E-state index in [1.165, 1.54) is 6.07 Å². The first kappa shape index (κ1) is 14.3. The molecular weight excluding hydrogens is 267 g/mol. The molecule has 0 aliphatic heterocycles. The van der Waals surface area contributed by atoms with Crippen molar-refractivity contribution in [2.75, 3.05) is 5.73 Å². The van der Waals surface area contributed by atoms with Crippen LogP contribution in [0.3, 0.4) is 0 Å². The second kappa shape index (κ2) is 4.77. The lowest BCUT2D eigenvalue weighted by atomic mass is 10.0. The van der Waals surface area contributed by atoms with Gasteiger partial charge in [0.2, 0.25) is 0 Å². The predicted molar refractivity (Wildman–Crippen MR) is 71.1 cm³/mol. The molecule has 0 atom stereocenters. The van der Waals surface area contributed by atoms with Gasteiger partial charge in [-0.2, -0.15) is 13.2 Å². The smallest absolute Gasteiger partial charge is 0.382 e. The van der Waals surface area contributed by atoms with E-state index in [0.29, 0.717) is 28.2 Å². The van der Waals surface area contributed by atoms with Gasteiger partial charge in [-0.3, -0.25) is 0 Å². The lowest BCUT2D eigenvalue weighted by Gasteiger charge is -2.13. The molecule has 0 saturated heterocycles. The van der Waals surface area contributed by atoms with E-state index < -0.39 is 11.7 Å².